The molecule has 0 unspecified atom stereocenters. The summed E-state index contributed by atoms with van der Waals surface area (Å²) < 4.78 is 18.4. The van der Waals surface area contributed by atoms with Gasteiger partial charge in [-0.1, -0.05) is 69.4 Å². The molecule has 0 aliphatic carbocycles. The maximum Gasteiger partial charge on any atom is 0.338 e. The van der Waals surface area contributed by atoms with E-state index in [9.17, 15) is 14.4 Å². The van der Waals surface area contributed by atoms with Crippen LogP contribution in [0, 0.1) is 5.92 Å². The highest BCUT2D eigenvalue weighted by Gasteiger charge is 2.34. The van der Waals surface area contributed by atoms with Crippen molar-refractivity contribution in [3.8, 4) is 11.5 Å². The van der Waals surface area contributed by atoms with Gasteiger partial charge >= 0.3 is 11.9 Å². The standard InChI is InChI=1S/C31H34N2O6S/c1-17(2)16-38-30(36)27-19(5)32-31-33(28(27)23-12-13-24(39-20(6)34)25(15-23)37-7)29(35)26(40-31)14-21-8-10-22(11-9-21)18(3)4/h8-15,17-18,28H,16H2,1-7H3/b26-14+/t28-/m0/s1. The van der Waals surface area contributed by atoms with Crippen molar-refractivity contribution in [2.45, 2.75) is 53.5 Å². The third-order valence-corrected chi connectivity index (χ3v) is 7.43. The normalized spacial score (nSPS) is 15.2. The molecular weight excluding hydrogens is 528 g/mol. The van der Waals surface area contributed by atoms with Crippen LogP contribution in [-0.2, 0) is 14.3 Å². The van der Waals surface area contributed by atoms with Crippen molar-refractivity contribution < 1.29 is 23.8 Å². The van der Waals surface area contributed by atoms with E-state index in [4.69, 9.17) is 14.2 Å². The molecule has 0 saturated heterocycles. The lowest BCUT2D eigenvalue weighted by molar-refractivity contribution is -0.140. The zero-order chi connectivity index (χ0) is 29.1. The Balaban J connectivity index is 1.90. The Labute approximate surface area is 237 Å². The predicted molar refractivity (Wildman–Crippen MR) is 154 cm³/mol. The second-order valence-corrected chi connectivity index (χ2v) is 11.4. The van der Waals surface area contributed by atoms with Crippen molar-refractivity contribution in [3.63, 3.8) is 0 Å². The number of carbonyl (C=O) groups is 2. The quantitative estimate of drug-likeness (QED) is 0.297. The van der Waals surface area contributed by atoms with E-state index >= 15 is 0 Å². The molecule has 1 aromatic heterocycles. The van der Waals surface area contributed by atoms with E-state index in [2.05, 4.69) is 31.0 Å². The first-order valence-corrected chi connectivity index (χ1v) is 14.0. The number of methoxy groups -OCH3 is 1. The number of fused-ring (bicyclic) bond motifs is 1. The summed E-state index contributed by atoms with van der Waals surface area (Å²) in [5.41, 5.74) is 3.16. The molecule has 1 atom stereocenters. The number of carbonyl (C=O) groups excluding carboxylic acids is 2. The van der Waals surface area contributed by atoms with Crippen LogP contribution in [0.25, 0.3) is 6.08 Å². The van der Waals surface area contributed by atoms with Gasteiger partial charge in [0, 0.05) is 6.92 Å². The SMILES string of the molecule is COc1cc([C@H]2C(C(=O)OCC(C)C)=C(C)N=c3s/c(=C/c4ccc(C(C)C)cc4)c(=O)n32)ccc1OC(C)=O. The van der Waals surface area contributed by atoms with Crippen LogP contribution in [0.4, 0.5) is 0 Å². The van der Waals surface area contributed by atoms with Crippen LogP contribution < -0.4 is 24.4 Å². The maximum absolute atomic E-state index is 13.9. The van der Waals surface area contributed by atoms with Crippen LogP contribution in [0.2, 0.25) is 0 Å². The first kappa shape index (κ1) is 29.0. The number of thiazole rings is 1. The molecule has 0 N–H and O–H groups in total. The van der Waals surface area contributed by atoms with Crippen molar-refractivity contribution in [2.75, 3.05) is 13.7 Å². The molecule has 3 aromatic rings. The van der Waals surface area contributed by atoms with E-state index in [1.807, 2.05) is 32.1 Å². The second kappa shape index (κ2) is 12.0. The third-order valence-electron chi connectivity index (χ3n) is 6.45. The van der Waals surface area contributed by atoms with Crippen molar-refractivity contribution >= 4 is 29.4 Å². The van der Waals surface area contributed by atoms with Gasteiger partial charge in [-0.15, -0.1) is 0 Å². The average molecular weight is 563 g/mol. The summed E-state index contributed by atoms with van der Waals surface area (Å²) in [5, 5.41) is 0. The van der Waals surface area contributed by atoms with E-state index < -0.39 is 18.0 Å². The monoisotopic (exact) mass is 562 g/mol. The van der Waals surface area contributed by atoms with E-state index in [-0.39, 0.29) is 29.4 Å². The fraction of sp³-hybridized carbons (Fsp3) is 0.355. The Morgan fingerprint density at radius 1 is 1.07 bits per heavy atom. The van der Waals surface area contributed by atoms with E-state index in [1.165, 1.54) is 35.5 Å². The third kappa shape index (κ3) is 6.09. The van der Waals surface area contributed by atoms with Crippen LogP contribution in [-0.4, -0.2) is 30.2 Å². The highest BCUT2D eigenvalue weighted by Crippen LogP contribution is 2.36. The van der Waals surface area contributed by atoms with E-state index in [0.29, 0.717) is 32.3 Å². The van der Waals surface area contributed by atoms with Gasteiger partial charge in [0.2, 0.25) is 0 Å². The molecule has 0 amide bonds. The van der Waals surface area contributed by atoms with Gasteiger partial charge in [-0.25, -0.2) is 9.79 Å². The molecular formula is C31H34N2O6S. The minimum Gasteiger partial charge on any atom is -0.493 e. The van der Waals surface area contributed by atoms with E-state index in [1.54, 1.807) is 25.1 Å². The number of ether oxygens (including phenoxy) is 3. The first-order valence-electron chi connectivity index (χ1n) is 13.2. The Morgan fingerprint density at radius 2 is 1.77 bits per heavy atom. The van der Waals surface area contributed by atoms with Crippen molar-refractivity contribution in [3.05, 3.63) is 90.1 Å². The molecule has 8 nitrogen and oxygen atoms in total. The Hall–Kier alpha value is -3.98. The number of allylic oxidation sites excluding steroid dienone is 1. The Bertz CT molecular complexity index is 1640. The number of nitrogens with zero attached hydrogens (tertiary/aromatic N) is 2. The minimum atomic E-state index is -0.818. The molecule has 0 saturated carbocycles. The number of hydrogen-bond donors (Lipinski definition) is 0. The average Bonchev–Trinajstić information content (AvgIpc) is 3.20. The molecule has 0 spiro atoms. The molecule has 2 aromatic carbocycles. The summed E-state index contributed by atoms with van der Waals surface area (Å²) in [6, 6.07) is 12.2. The van der Waals surface area contributed by atoms with Crippen molar-refractivity contribution in [1.29, 1.82) is 0 Å². The van der Waals surface area contributed by atoms with Gasteiger partial charge in [0.15, 0.2) is 16.3 Å². The molecule has 0 fully saturated rings. The van der Waals surface area contributed by atoms with Gasteiger partial charge in [0.25, 0.3) is 5.56 Å². The number of benzene rings is 2. The summed E-state index contributed by atoms with van der Waals surface area (Å²) in [7, 11) is 1.46. The van der Waals surface area contributed by atoms with E-state index in [0.717, 1.165) is 5.56 Å². The van der Waals surface area contributed by atoms with Gasteiger partial charge < -0.3 is 14.2 Å². The fourth-order valence-electron chi connectivity index (χ4n) is 4.44. The molecule has 4 rings (SSSR count). The van der Waals surface area contributed by atoms with Gasteiger partial charge in [0.1, 0.15) is 0 Å². The van der Waals surface area contributed by atoms with Gasteiger partial charge in [0.05, 0.1) is 35.6 Å². The molecule has 0 bridgehead atoms. The van der Waals surface area contributed by atoms with Crippen LogP contribution in [0.3, 0.4) is 0 Å². The van der Waals surface area contributed by atoms with Gasteiger partial charge in [-0.3, -0.25) is 14.2 Å². The molecule has 9 heteroatoms. The summed E-state index contributed by atoms with van der Waals surface area (Å²) >= 11 is 1.26. The maximum atomic E-state index is 13.9. The van der Waals surface area contributed by atoms with Crippen LogP contribution in [0.1, 0.15) is 70.2 Å². The Kier molecular flexibility index (Phi) is 8.73. The number of rotatable bonds is 8. The molecule has 1 aliphatic rings. The Morgan fingerprint density at radius 3 is 2.38 bits per heavy atom. The molecule has 0 radical (unpaired) electrons. The number of esters is 2. The number of hydrogen-bond acceptors (Lipinski definition) is 8. The summed E-state index contributed by atoms with van der Waals surface area (Å²) in [6.07, 6.45) is 1.84. The lowest BCUT2D eigenvalue weighted by Crippen LogP contribution is -2.40. The molecule has 40 heavy (non-hydrogen) atoms. The lowest BCUT2D eigenvalue weighted by Gasteiger charge is -2.25. The largest absolute Gasteiger partial charge is 0.493 e. The first-order chi connectivity index (χ1) is 19.0. The predicted octanol–water partition coefficient (Wildman–Crippen LogP) is 4.49. The van der Waals surface area contributed by atoms with Gasteiger partial charge in [-0.05, 0) is 53.7 Å². The zero-order valence-corrected chi connectivity index (χ0v) is 24.6. The summed E-state index contributed by atoms with van der Waals surface area (Å²) in [6.45, 7) is 11.4. The molecule has 1 aliphatic heterocycles. The topological polar surface area (TPSA) is 96.2 Å². The zero-order valence-electron chi connectivity index (χ0n) is 23.8. The highest BCUT2D eigenvalue weighted by molar-refractivity contribution is 7.07. The molecule has 2 heterocycles. The van der Waals surface area contributed by atoms with Crippen LogP contribution in [0.5, 0.6) is 11.5 Å². The second-order valence-electron chi connectivity index (χ2n) is 10.4. The van der Waals surface area contributed by atoms with Crippen LogP contribution in [0.15, 0.2) is 63.5 Å². The summed E-state index contributed by atoms with van der Waals surface area (Å²) in [5.74, 6) is 0.0380. The minimum absolute atomic E-state index is 0.134. The lowest BCUT2D eigenvalue weighted by atomic mass is 9.95. The van der Waals surface area contributed by atoms with Crippen LogP contribution >= 0.6 is 11.3 Å². The smallest absolute Gasteiger partial charge is 0.338 e. The molecule has 210 valence electrons. The van der Waals surface area contributed by atoms with Crippen molar-refractivity contribution in [2.24, 2.45) is 10.9 Å². The summed E-state index contributed by atoms with van der Waals surface area (Å²) in [4.78, 5) is 44.0. The van der Waals surface area contributed by atoms with Gasteiger partial charge in [-0.2, -0.15) is 0 Å². The van der Waals surface area contributed by atoms with Crippen molar-refractivity contribution in [1.82, 2.24) is 4.57 Å². The highest BCUT2D eigenvalue weighted by atomic mass is 32.1. The number of aromatic nitrogens is 1. The fourth-order valence-corrected chi connectivity index (χ4v) is 5.49.